The van der Waals surface area contributed by atoms with Gasteiger partial charge in [0.05, 0.1) is 12.1 Å². The minimum Gasteiger partial charge on any atom is -0.331 e. The van der Waals surface area contributed by atoms with Crippen LogP contribution in [0.2, 0.25) is 0 Å². The molecule has 0 unspecified atom stereocenters. The number of carbonyl (C=O) groups is 1. The van der Waals surface area contributed by atoms with Crippen molar-refractivity contribution in [2.45, 2.75) is 6.92 Å². The summed E-state index contributed by atoms with van der Waals surface area (Å²) in [6.45, 7) is 2.22. The lowest BCUT2D eigenvalue weighted by molar-refractivity contribution is 0.0811. The van der Waals surface area contributed by atoms with Crippen LogP contribution in [-0.2, 0) is 0 Å². The normalized spacial score (nSPS) is 9.47. The number of benzene rings is 1. The van der Waals surface area contributed by atoms with E-state index < -0.39 is 0 Å². The predicted molar refractivity (Wildman–Crippen MR) is 64.7 cm³/mol. The molecule has 0 spiro atoms. The van der Waals surface area contributed by atoms with Crippen LogP contribution in [0.15, 0.2) is 22.7 Å². The van der Waals surface area contributed by atoms with Gasteiger partial charge in [0.25, 0.3) is 5.91 Å². The molecule has 1 amide bonds. The molecule has 15 heavy (non-hydrogen) atoms. The Labute approximate surface area is 98.4 Å². The summed E-state index contributed by atoms with van der Waals surface area (Å²) in [5, 5.41) is 0. The quantitative estimate of drug-likeness (QED) is 0.753. The maximum Gasteiger partial charge on any atom is 0.255 e. The molecule has 0 bridgehead atoms. The summed E-state index contributed by atoms with van der Waals surface area (Å²) in [7, 11) is 1.70. The summed E-state index contributed by atoms with van der Waals surface area (Å²) in [5.74, 6) is 2.39. The average molecular weight is 266 g/mol. The fourth-order valence-electron chi connectivity index (χ4n) is 1.30. The van der Waals surface area contributed by atoms with E-state index in [1.807, 2.05) is 25.1 Å². The lowest BCUT2D eigenvalue weighted by atomic mass is 10.1. The van der Waals surface area contributed by atoms with Gasteiger partial charge in [-0.25, -0.2) is 0 Å². The molecule has 0 saturated heterocycles. The second kappa shape index (κ2) is 4.99. The molecule has 0 saturated carbocycles. The Kier molecular flexibility index (Phi) is 3.93. The molecule has 0 aliphatic heterocycles. The average Bonchev–Trinajstić information content (AvgIpc) is 2.17. The van der Waals surface area contributed by atoms with E-state index in [2.05, 4.69) is 21.9 Å². The summed E-state index contributed by atoms with van der Waals surface area (Å²) in [4.78, 5) is 13.5. The first kappa shape index (κ1) is 11.8. The van der Waals surface area contributed by atoms with Crippen LogP contribution >= 0.6 is 15.9 Å². The maximum absolute atomic E-state index is 12.0. The first-order valence-corrected chi connectivity index (χ1v) is 5.31. The van der Waals surface area contributed by atoms with Gasteiger partial charge >= 0.3 is 0 Å². The SMILES string of the molecule is C#CCN(C)C(=O)c1c(C)cccc1Br. The Balaban J connectivity index is 3.07. The van der Waals surface area contributed by atoms with Crippen molar-refractivity contribution >= 4 is 21.8 Å². The van der Waals surface area contributed by atoms with E-state index in [1.54, 1.807) is 7.05 Å². The fourth-order valence-corrected chi connectivity index (χ4v) is 1.94. The molecule has 0 radical (unpaired) electrons. The van der Waals surface area contributed by atoms with Crippen molar-refractivity contribution in [3.8, 4) is 12.3 Å². The molecule has 78 valence electrons. The second-order valence-electron chi connectivity index (χ2n) is 3.30. The highest BCUT2D eigenvalue weighted by atomic mass is 79.9. The van der Waals surface area contributed by atoms with Gasteiger partial charge in [-0.2, -0.15) is 0 Å². The summed E-state index contributed by atoms with van der Waals surface area (Å²) in [5.41, 5.74) is 1.62. The van der Waals surface area contributed by atoms with Crippen molar-refractivity contribution in [1.82, 2.24) is 4.90 Å². The largest absolute Gasteiger partial charge is 0.331 e. The van der Waals surface area contributed by atoms with Crippen molar-refractivity contribution in [2.24, 2.45) is 0 Å². The molecule has 0 heterocycles. The Morgan fingerprint density at radius 2 is 2.27 bits per heavy atom. The van der Waals surface area contributed by atoms with Gasteiger partial charge in [-0.3, -0.25) is 4.79 Å². The van der Waals surface area contributed by atoms with Gasteiger partial charge in [-0.1, -0.05) is 18.1 Å². The molecule has 1 aromatic carbocycles. The van der Waals surface area contributed by atoms with Gasteiger partial charge in [0.15, 0.2) is 0 Å². The number of hydrogen-bond acceptors (Lipinski definition) is 1. The Morgan fingerprint density at radius 1 is 1.60 bits per heavy atom. The van der Waals surface area contributed by atoms with Gasteiger partial charge in [-0.05, 0) is 34.5 Å². The minimum atomic E-state index is -0.0575. The molecule has 0 fully saturated rings. The fraction of sp³-hybridized carbons (Fsp3) is 0.250. The highest BCUT2D eigenvalue weighted by Gasteiger charge is 2.15. The molecular formula is C12H12BrNO. The predicted octanol–water partition coefficient (Wildman–Crippen LogP) is 2.46. The topological polar surface area (TPSA) is 20.3 Å². The highest BCUT2D eigenvalue weighted by Crippen LogP contribution is 2.21. The molecular weight excluding hydrogens is 254 g/mol. The van der Waals surface area contributed by atoms with Gasteiger partial charge in [0.2, 0.25) is 0 Å². The van der Waals surface area contributed by atoms with Crippen LogP contribution < -0.4 is 0 Å². The highest BCUT2D eigenvalue weighted by molar-refractivity contribution is 9.10. The number of halogens is 1. The third-order valence-electron chi connectivity index (χ3n) is 2.11. The van der Waals surface area contributed by atoms with Crippen LogP contribution in [0.4, 0.5) is 0 Å². The third-order valence-corrected chi connectivity index (χ3v) is 2.77. The minimum absolute atomic E-state index is 0.0575. The van der Waals surface area contributed by atoms with Gasteiger partial charge < -0.3 is 4.90 Å². The van der Waals surface area contributed by atoms with Crippen LogP contribution in [0.25, 0.3) is 0 Å². The van der Waals surface area contributed by atoms with Gasteiger partial charge in [0.1, 0.15) is 0 Å². The number of rotatable bonds is 2. The molecule has 0 N–H and O–H groups in total. The van der Waals surface area contributed by atoms with Crippen molar-refractivity contribution in [3.05, 3.63) is 33.8 Å². The smallest absolute Gasteiger partial charge is 0.255 e. The standard InChI is InChI=1S/C12H12BrNO/c1-4-8-14(3)12(15)11-9(2)6-5-7-10(11)13/h1,5-7H,8H2,2-3H3. The third kappa shape index (κ3) is 2.60. The van der Waals surface area contributed by atoms with E-state index in [0.717, 1.165) is 10.0 Å². The van der Waals surface area contributed by atoms with Gasteiger partial charge in [0, 0.05) is 11.5 Å². The maximum atomic E-state index is 12.0. The zero-order valence-electron chi connectivity index (χ0n) is 8.75. The molecule has 1 aromatic rings. The Hall–Kier alpha value is -1.27. The monoisotopic (exact) mass is 265 g/mol. The van der Waals surface area contributed by atoms with E-state index in [1.165, 1.54) is 4.90 Å². The number of nitrogens with zero attached hydrogens (tertiary/aromatic N) is 1. The second-order valence-corrected chi connectivity index (χ2v) is 4.15. The number of amides is 1. The lowest BCUT2D eigenvalue weighted by Gasteiger charge is -2.16. The van der Waals surface area contributed by atoms with Crippen molar-refractivity contribution in [1.29, 1.82) is 0 Å². The summed E-state index contributed by atoms with van der Waals surface area (Å²) in [6.07, 6.45) is 5.17. The first-order chi connectivity index (χ1) is 7.07. The van der Waals surface area contributed by atoms with E-state index >= 15 is 0 Å². The summed E-state index contributed by atoms with van der Waals surface area (Å²) in [6, 6.07) is 5.66. The molecule has 2 nitrogen and oxygen atoms in total. The zero-order chi connectivity index (χ0) is 11.4. The zero-order valence-corrected chi connectivity index (χ0v) is 10.3. The first-order valence-electron chi connectivity index (χ1n) is 4.52. The van der Waals surface area contributed by atoms with Crippen molar-refractivity contribution in [2.75, 3.05) is 13.6 Å². The van der Waals surface area contributed by atoms with E-state index in [0.29, 0.717) is 12.1 Å². The molecule has 1 rings (SSSR count). The Morgan fingerprint density at radius 3 is 2.80 bits per heavy atom. The van der Waals surface area contributed by atoms with E-state index in [4.69, 9.17) is 6.42 Å². The molecule has 0 aliphatic rings. The van der Waals surface area contributed by atoms with Crippen LogP contribution in [0.3, 0.4) is 0 Å². The van der Waals surface area contributed by atoms with E-state index in [-0.39, 0.29) is 5.91 Å². The number of terminal acetylenes is 1. The molecule has 0 aromatic heterocycles. The van der Waals surface area contributed by atoms with Crippen molar-refractivity contribution < 1.29 is 4.79 Å². The molecule has 0 aliphatic carbocycles. The van der Waals surface area contributed by atoms with Crippen molar-refractivity contribution in [3.63, 3.8) is 0 Å². The number of aryl methyl sites for hydroxylation is 1. The molecule has 0 atom stereocenters. The Bertz CT molecular complexity index is 400. The van der Waals surface area contributed by atoms with Crippen LogP contribution in [-0.4, -0.2) is 24.4 Å². The summed E-state index contributed by atoms with van der Waals surface area (Å²) >= 11 is 3.37. The molecule has 3 heteroatoms. The van der Waals surface area contributed by atoms with Crippen LogP contribution in [0, 0.1) is 19.3 Å². The summed E-state index contributed by atoms with van der Waals surface area (Å²) < 4.78 is 0.802. The van der Waals surface area contributed by atoms with Gasteiger partial charge in [-0.15, -0.1) is 6.42 Å². The number of hydrogen-bond donors (Lipinski definition) is 0. The number of carbonyl (C=O) groups excluding carboxylic acids is 1. The van der Waals surface area contributed by atoms with Crippen LogP contribution in [0.1, 0.15) is 15.9 Å². The van der Waals surface area contributed by atoms with E-state index in [9.17, 15) is 4.79 Å². The van der Waals surface area contributed by atoms with Crippen LogP contribution in [0.5, 0.6) is 0 Å². The lowest BCUT2D eigenvalue weighted by Crippen LogP contribution is -2.27.